The second-order valence-corrected chi connectivity index (χ2v) is 8.34. The van der Waals surface area contributed by atoms with Gasteiger partial charge in [-0.3, -0.25) is 4.79 Å². The molecule has 0 fully saturated rings. The molecule has 0 unspecified atom stereocenters. The second kappa shape index (κ2) is 9.20. The van der Waals surface area contributed by atoms with E-state index in [1.54, 1.807) is 20.8 Å². The minimum Gasteiger partial charge on any atom is -0.480 e. The van der Waals surface area contributed by atoms with Crippen molar-refractivity contribution in [1.82, 2.24) is 10.6 Å². The molecule has 0 saturated carbocycles. The summed E-state index contributed by atoms with van der Waals surface area (Å²) in [5, 5.41) is 14.2. The van der Waals surface area contributed by atoms with Crippen molar-refractivity contribution < 1.29 is 24.2 Å². The van der Waals surface area contributed by atoms with Crippen molar-refractivity contribution in [2.75, 3.05) is 13.2 Å². The number of hydrogen-bond donors (Lipinski definition) is 3. The largest absolute Gasteiger partial charge is 0.480 e. The molecule has 0 radical (unpaired) electrons. The predicted molar refractivity (Wildman–Crippen MR) is 117 cm³/mol. The van der Waals surface area contributed by atoms with Crippen LogP contribution in [0.25, 0.3) is 11.1 Å². The Bertz CT molecular complexity index is 940. The van der Waals surface area contributed by atoms with Crippen LogP contribution < -0.4 is 10.6 Å². The number of fused-ring (bicyclic) bond motifs is 3. The molecular formula is C24H28N2O5. The third kappa shape index (κ3) is 4.87. The maximum absolute atomic E-state index is 12.4. The lowest BCUT2D eigenvalue weighted by Crippen LogP contribution is -2.50. The Balaban J connectivity index is 1.57. The third-order valence-electron chi connectivity index (χ3n) is 5.64. The third-order valence-corrected chi connectivity index (χ3v) is 5.64. The number of ether oxygens (including phenoxy) is 1. The summed E-state index contributed by atoms with van der Waals surface area (Å²) in [7, 11) is 0. The van der Waals surface area contributed by atoms with Gasteiger partial charge in [-0.1, -0.05) is 55.5 Å². The van der Waals surface area contributed by atoms with E-state index in [4.69, 9.17) is 9.84 Å². The number of benzene rings is 2. The van der Waals surface area contributed by atoms with Gasteiger partial charge in [0.05, 0.1) is 5.41 Å². The summed E-state index contributed by atoms with van der Waals surface area (Å²) in [5.74, 6) is -1.58. The first-order valence-electron chi connectivity index (χ1n) is 10.4. The summed E-state index contributed by atoms with van der Waals surface area (Å²) < 4.78 is 5.48. The number of carbonyl (C=O) groups excluding carboxylic acids is 2. The lowest BCUT2D eigenvalue weighted by molar-refractivity contribution is -0.143. The first-order chi connectivity index (χ1) is 14.7. The highest BCUT2D eigenvalue weighted by Gasteiger charge is 2.32. The molecule has 1 aliphatic rings. The maximum atomic E-state index is 12.4. The molecule has 1 atom stereocenters. The van der Waals surface area contributed by atoms with Crippen LogP contribution in [0, 0.1) is 5.41 Å². The van der Waals surface area contributed by atoms with E-state index in [-0.39, 0.29) is 25.5 Å². The zero-order valence-corrected chi connectivity index (χ0v) is 18.0. The van der Waals surface area contributed by atoms with Crippen molar-refractivity contribution in [3.8, 4) is 11.1 Å². The molecule has 0 spiro atoms. The van der Waals surface area contributed by atoms with E-state index in [9.17, 15) is 14.4 Å². The molecule has 3 rings (SSSR count). The minimum absolute atomic E-state index is 0.0194. The van der Waals surface area contributed by atoms with Gasteiger partial charge in [-0.05, 0) is 42.5 Å². The van der Waals surface area contributed by atoms with Crippen molar-refractivity contribution in [3.63, 3.8) is 0 Å². The molecule has 2 amide bonds. The van der Waals surface area contributed by atoms with E-state index in [2.05, 4.69) is 22.8 Å². The zero-order chi connectivity index (χ0) is 22.6. The minimum atomic E-state index is -1.09. The van der Waals surface area contributed by atoms with Gasteiger partial charge in [-0.15, -0.1) is 0 Å². The van der Waals surface area contributed by atoms with E-state index in [0.717, 1.165) is 22.3 Å². The molecule has 3 N–H and O–H groups in total. The Hall–Kier alpha value is -3.35. The van der Waals surface area contributed by atoms with Gasteiger partial charge < -0.3 is 20.5 Å². The first-order valence-corrected chi connectivity index (χ1v) is 10.4. The fourth-order valence-corrected chi connectivity index (χ4v) is 3.71. The molecule has 7 nitrogen and oxygen atoms in total. The molecule has 0 aliphatic heterocycles. The fraction of sp³-hybridized carbons (Fsp3) is 0.375. The number of carbonyl (C=O) groups is 3. The van der Waals surface area contributed by atoms with Crippen molar-refractivity contribution >= 4 is 18.0 Å². The maximum Gasteiger partial charge on any atom is 0.407 e. The van der Waals surface area contributed by atoms with Crippen molar-refractivity contribution in [3.05, 3.63) is 59.7 Å². The predicted octanol–water partition coefficient (Wildman–Crippen LogP) is 3.53. The van der Waals surface area contributed by atoms with Crippen LogP contribution in [0.4, 0.5) is 4.79 Å². The average molecular weight is 424 g/mol. The summed E-state index contributed by atoms with van der Waals surface area (Å²) in [6.45, 7) is 5.16. The molecule has 2 aromatic rings. The highest BCUT2D eigenvalue weighted by atomic mass is 16.5. The Morgan fingerprint density at radius 3 is 2.10 bits per heavy atom. The fourth-order valence-electron chi connectivity index (χ4n) is 3.71. The van der Waals surface area contributed by atoms with E-state index >= 15 is 0 Å². The summed E-state index contributed by atoms with van der Waals surface area (Å²) in [5.41, 5.74) is 3.54. The normalized spacial score (nSPS) is 13.6. The standard InChI is InChI=1S/C24H28N2O5/c1-4-20(21(27)28)26-22(29)24(2,3)14-25-23(30)31-13-19-17-11-7-5-9-15(17)16-10-6-8-12-18(16)19/h5-12,19-20H,4,13-14H2,1-3H3,(H,25,30)(H,26,29)(H,27,28)/t20-/m0/s1. The first kappa shape index (κ1) is 22.3. The van der Waals surface area contributed by atoms with Gasteiger partial charge in [0, 0.05) is 12.5 Å². The molecule has 2 aromatic carbocycles. The molecule has 1 aliphatic carbocycles. The van der Waals surface area contributed by atoms with E-state index in [1.165, 1.54) is 0 Å². The van der Waals surface area contributed by atoms with Crippen LogP contribution in [-0.2, 0) is 14.3 Å². The number of alkyl carbamates (subject to hydrolysis) is 1. The van der Waals surface area contributed by atoms with Crippen LogP contribution >= 0.6 is 0 Å². The topological polar surface area (TPSA) is 105 Å². The number of hydrogen-bond acceptors (Lipinski definition) is 4. The van der Waals surface area contributed by atoms with Crippen molar-refractivity contribution in [1.29, 1.82) is 0 Å². The summed E-state index contributed by atoms with van der Waals surface area (Å²) in [6.07, 6.45) is -0.343. The summed E-state index contributed by atoms with van der Waals surface area (Å²) in [6, 6.07) is 15.2. The van der Waals surface area contributed by atoms with Gasteiger partial charge in [0.25, 0.3) is 0 Å². The summed E-state index contributed by atoms with van der Waals surface area (Å²) >= 11 is 0. The number of amides is 2. The van der Waals surface area contributed by atoms with Gasteiger partial charge in [-0.2, -0.15) is 0 Å². The number of carboxylic acids is 1. The molecular weight excluding hydrogens is 396 g/mol. The lowest BCUT2D eigenvalue weighted by Gasteiger charge is -2.26. The second-order valence-electron chi connectivity index (χ2n) is 8.34. The van der Waals surface area contributed by atoms with E-state index in [1.807, 2.05) is 36.4 Å². The van der Waals surface area contributed by atoms with Gasteiger partial charge in [0.15, 0.2) is 0 Å². The van der Waals surface area contributed by atoms with Gasteiger partial charge in [0.1, 0.15) is 12.6 Å². The Kier molecular flexibility index (Phi) is 6.63. The molecule has 7 heteroatoms. The highest BCUT2D eigenvalue weighted by Crippen LogP contribution is 2.44. The van der Waals surface area contributed by atoms with Crippen LogP contribution in [0.3, 0.4) is 0 Å². The Morgan fingerprint density at radius 2 is 1.58 bits per heavy atom. The van der Waals surface area contributed by atoms with E-state index < -0.39 is 29.4 Å². The number of carboxylic acid groups (broad SMARTS) is 1. The Labute approximate surface area is 181 Å². The van der Waals surface area contributed by atoms with Crippen LogP contribution in [0.15, 0.2) is 48.5 Å². The SMILES string of the molecule is CC[C@H](NC(=O)C(C)(C)CNC(=O)OCC1c2ccccc2-c2ccccc21)C(=O)O. The molecule has 0 saturated heterocycles. The van der Waals surface area contributed by atoms with Crippen LogP contribution in [0.1, 0.15) is 44.2 Å². The molecule has 31 heavy (non-hydrogen) atoms. The molecule has 164 valence electrons. The zero-order valence-electron chi connectivity index (χ0n) is 18.0. The average Bonchev–Trinajstić information content (AvgIpc) is 3.08. The van der Waals surface area contributed by atoms with Gasteiger partial charge in [-0.25, -0.2) is 9.59 Å². The monoisotopic (exact) mass is 424 g/mol. The highest BCUT2D eigenvalue weighted by molar-refractivity contribution is 5.87. The van der Waals surface area contributed by atoms with Crippen LogP contribution in [0.2, 0.25) is 0 Å². The summed E-state index contributed by atoms with van der Waals surface area (Å²) in [4.78, 5) is 35.9. The van der Waals surface area contributed by atoms with Crippen molar-refractivity contribution in [2.24, 2.45) is 5.41 Å². The van der Waals surface area contributed by atoms with Gasteiger partial charge in [0.2, 0.25) is 5.91 Å². The van der Waals surface area contributed by atoms with Gasteiger partial charge >= 0.3 is 12.1 Å². The quantitative estimate of drug-likeness (QED) is 0.601. The van der Waals surface area contributed by atoms with Crippen LogP contribution in [-0.4, -0.2) is 42.3 Å². The van der Waals surface area contributed by atoms with Crippen molar-refractivity contribution in [2.45, 2.75) is 39.2 Å². The lowest BCUT2D eigenvalue weighted by atomic mass is 9.91. The number of nitrogens with one attached hydrogen (secondary N) is 2. The molecule has 0 bridgehead atoms. The number of rotatable bonds is 8. The smallest absolute Gasteiger partial charge is 0.407 e. The molecule has 0 aromatic heterocycles. The van der Waals surface area contributed by atoms with Crippen LogP contribution in [0.5, 0.6) is 0 Å². The number of aliphatic carboxylic acids is 1. The van der Waals surface area contributed by atoms with E-state index in [0.29, 0.717) is 0 Å². The Morgan fingerprint density at radius 1 is 1.03 bits per heavy atom. The molecule has 0 heterocycles.